The van der Waals surface area contributed by atoms with E-state index in [-0.39, 0.29) is 35.9 Å². The number of amides is 2. The average Bonchev–Trinajstić information content (AvgIpc) is 3.47. The van der Waals surface area contributed by atoms with Crippen LogP contribution in [0, 0.1) is 5.92 Å². The summed E-state index contributed by atoms with van der Waals surface area (Å²) in [5.41, 5.74) is 1.84. The second-order valence-corrected chi connectivity index (χ2v) is 13.4. The molecule has 10 nitrogen and oxygen atoms in total. The summed E-state index contributed by atoms with van der Waals surface area (Å²) in [4.78, 5) is 51.4. The zero-order chi connectivity index (χ0) is 31.8. The number of carbonyl (C=O) groups excluding carboxylic acids is 2. The van der Waals surface area contributed by atoms with Crippen LogP contribution in [0.15, 0.2) is 78.0 Å². The summed E-state index contributed by atoms with van der Waals surface area (Å²) in [6, 6.07) is 19.6. The van der Waals surface area contributed by atoms with E-state index >= 15 is 0 Å². The fourth-order valence-electron chi connectivity index (χ4n) is 6.62. The Hall–Kier alpha value is -4.44. The number of benzene rings is 2. The maximum atomic E-state index is 14.0. The first-order valence-electron chi connectivity index (χ1n) is 15.7. The highest BCUT2D eigenvalue weighted by atomic mass is 16.6. The molecule has 236 valence electrons. The van der Waals surface area contributed by atoms with Crippen LogP contribution in [-0.2, 0) is 16.1 Å². The number of nitrogens with one attached hydrogen (secondary N) is 1. The SMILES string of the molecule is CC(C)(C)OC(=O)N1CC[C@@H](C(=O)N2CCC(O)(Cn3cnc4c(-c5ccccc5)c[nH]c4c3=O)CC2)[C@H](c2ccccc2)C1. The lowest BCUT2D eigenvalue weighted by Gasteiger charge is -2.43. The van der Waals surface area contributed by atoms with Crippen LogP contribution in [0.3, 0.4) is 0 Å². The van der Waals surface area contributed by atoms with E-state index in [1.54, 1.807) is 11.1 Å². The van der Waals surface area contributed by atoms with Crippen LogP contribution in [0.5, 0.6) is 0 Å². The standard InChI is InChI=1S/C35H41N5O5/c1-34(2,3)45-33(43)39-17-14-26(28(21-39)25-12-8-5-9-13-25)31(41)38-18-15-35(44,16-19-38)22-40-23-37-29-27(20-36-30(29)32(40)42)24-10-6-4-7-11-24/h4-13,20,23,26,28,36,44H,14-19,21-22H2,1-3H3/t26-,28+/m1/s1. The van der Waals surface area contributed by atoms with Gasteiger partial charge in [-0.15, -0.1) is 0 Å². The van der Waals surface area contributed by atoms with Crippen molar-refractivity contribution in [1.82, 2.24) is 24.3 Å². The van der Waals surface area contributed by atoms with Gasteiger partial charge in [0.25, 0.3) is 5.56 Å². The van der Waals surface area contributed by atoms with Gasteiger partial charge in [0.1, 0.15) is 16.6 Å². The molecular formula is C35H41N5O5. The second kappa shape index (κ2) is 12.2. The van der Waals surface area contributed by atoms with E-state index in [1.807, 2.05) is 86.3 Å². The molecule has 2 N–H and O–H groups in total. The highest BCUT2D eigenvalue weighted by Crippen LogP contribution is 2.36. The van der Waals surface area contributed by atoms with Crippen molar-refractivity contribution in [3.8, 4) is 11.1 Å². The van der Waals surface area contributed by atoms with Gasteiger partial charge in [-0.1, -0.05) is 60.7 Å². The molecule has 4 heterocycles. The first-order valence-corrected chi connectivity index (χ1v) is 15.7. The number of piperidine rings is 2. The number of hydrogen-bond donors (Lipinski definition) is 2. The molecule has 2 atom stereocenters. The second-order valence-electron chi connectivity index (χ2n) is 13.4. The predicted molar refractivity (Wildman–Crippen MR) is 172 cm³/mol. The Balaban J connectivity index is 1.13. The molecule has 0 aliphatic carbocycles. The topological polar surface area (TPSA) is 121 Å². The van der Waals surface area contributed by atoms with E-state index in [4.69, 9.17) is 4.74 Å². The average molecular weight is 612 g/mol. The van der Waals surface area contributed by atoms with Crippen molar-refractivity contribution in [3.05, 3.63) is 89.1 Å². The van der Waals surface area contributed by atoms with Crippen LogP contribution in [0.25, 0.3) is 22.2 Å². The van der Waals surface area contributed by atoms with Crippen molar-refractivity contribution in [2.45, 2.75) is 63.7 Å². The number of aromatic amines is 1. The van der Waals surface area contributed by atoms with E-state index in [9.17, 15) is 19.5 Å². The molecule has 0 radical (unpaired) electrons. The first kappa shape index (κ1) is 30.6. The number of fused-ring (bicyclic) bond motifs is 1. The Morgan fingerprint density at radius 3 is 2.33 bits per heavy atom. The summed E-state index contributed by atoms with van der Waals surface area (Å²) in [6.07, 6.45) is 4.14. The number of ether oxygens (including phenoxy) is 1. The highest BCUT2D eigenvalue weighted by Gasteiger charge is 2.42. The predicted octanol–water partition coefficient (Wildman–Crippen LogP) is 4.79. The number of H-pyrrole nitrogens is 1. The number of likely N-dealkylation sites (tertiary alicyclic amines) is 2. The molecule has 0 bridgehead atoms. The fraction of sp³-hybridized carbons (Fsp3) is 0.429. The molecular weight excluding hydrogens is 570 g/mol. The van der Waals surface area contributed by atoms with Gasteiger partial charge in [0.2, 0.25) is 5.91 Å². The van der Waals surface area contributed by atoms with Crippen LogP contribution in [0.4, 0.5) is 4.79 Å². The minimum absolute atomic E-state index is 0.0369. The summed E-state index contributed by atoms with van der Waals surface area (Å²) in [5.74, 6) is -0.424. The molecule has 2 aliphatic heterocycles. The van der Waals surface area contributed by atoms with Gasteiger partial charge in [0.15, 0.2) is 0 Å². The maximum Gasteiger partial charge on any atom is 0.410 e. The molecule has 2 aliphatic rings. The minimum Gasteiger partial charge on any atom is -0.444 e. The molecule has 10 heteroatoms. The molecule has 2 fully saturated rings. The zero-order valence-electron chi connectivity index (χ0n) is 26.1. The smallest absolute Gasteiger partial charge is 0.410 e. The van der Waals surface area contributed by atoms with Crippen molar-refractivity contribution >= 4 is 23.0 Å². The third kappa shape index (κ3) is 6.51. The minimum atomic E-state index is -1.15. The zero-order valence-corrected chi connectivity index (χ0v) is 26.1. The van der Waals surface area contributed by atoms with E-state index < -0.39 is 11.2 Å². The van der Waals surface area contributed by atoms with Crippen molar-refractivity contribution in [2.24, 2.45) is 5.92 Å². The van der Waals surface area contributed by atoms with Gasteiger partial charge >= 0.3 is 6.09 Å². The Labute approximate surface area is 262 Å². The Kier molecular flexibility index (Phi) is 8.26. The summed E-state index contributed by atoms with van der Waals surface area (Å²) >= 11 is 0. The highest BCUT2D eigenvalue weighted by molar-refractivity contribution is 5.91. The normalized spacial score (nSPS) is 20.3. The number of aromatic nitrogens is 3. The summed E-state index contributed by atoms with van der Waals surface area (Å²) in [6.45, 7) is 7.24. The Morgan fingerprint density at radius 1 is 1.00 bits per heavy atom. The summed E-state index contributed by atoms with van der Waals surface area (Å²) < 4.78 is 7.09. The third-order valence-corrected chi connectivity index (χ3v) is 9.02. The van der Waals surface area contributed by atoms with Gasteiger partial charge in [-0.25, -0.2) is 9.78 Å². The van der Waals surface area contributed by atoms with Crippen molar-refractivity contribution < 1.29 is 19.4 Å². The molecule has 2 aromatic carbocycles. The number of hydrogen-bond acceptors (Lipinski definition) is 6. The molecule has 0 unspecified atom stereocenters. The maximum absolute atomic E-state index is 14.0. The molecule has 2 saturated heterocycles. The van der Waals surface area contributed by atoms with Gasteiger partial charge in [0.05, 0.1) is 18.5 Å². The van der Waals surface area contributed by atoms with E-state index in [1.165, 1.54) is 10.9 Å². The van der Waals surface area contributed by atoms with Gasteiger partial charge in [0, 0.05) is 49.8 Å². The third-order valence-electron chi connectivity index (χ3n) is 9.02. The van der Waals surface area contributed by atoms with E-state index in [0.717, 1.165) is 16.7 Å². The molecule has 2 aromatic heterocycles. The van der Waals surface area contributed by atoms with Crippen LogP contribution >= 0.6 is 0 Å². The fourth-order valence-corrected chi connectivity index (χ4v) is 6.62. The first-order chi connectivity index (χ1) is 21.5. The lowest BCUT2D eigenvalue weighted by atomic mass is 9.79. The van der Waals surface area contributed by atoms with Gasteiger partial charge in [-0.05, 0) is 51.2 Å². The molecule has 6 rings (SSSR count). The van der Waals surface area contributed by atoms with Crippen molar-refractivity contribution in [3.63, 3.8) is 0 Å². The van der Waals surface area contributed by atoms with Gasteiger partial charge < -0.3 is 24.6 Å². The van der Waals surface area contributed by atoms with Gasteiger partial charge in [-0.2, -0.15) is 0 Å². The molecule has 4 aromatic rings. The summed E-state index contributed by atoms with van der Waals surface area (Å²) in [7, 11) is 0. The quantitative estimate of drug-likeness (QED) is 0.335. The summed E-state index contributed by atoms with van der Waals surface area (Å²) in [5, 5.41) is 11.5. The molecule has 0 spiro atoms. The number of nitrogens with zero attached hydrogens (tertiary/aromatic N) is 4. The van der Waals surface area contributed by atoms with Crippen LogP contribution in [0.1, 0.15) is 51.5 Å². The monoisotopic (exact) mass is 611 g/mol. The van der Waals surface area contributed by atoms with Crippen LogP contribution in [-0.4, -0.2) is 78.8 Å². The largest absolute Gasteiger partial charge is 0.444 e. The Morgan fingerprint density at radius 2 is 1.67 bits per heavy atom. The molecule has 45 heavy (non-hydrogen) atoms. The van der Waals surface area contributed by atoms with Gasteiger partial charge in [-0.3, -0.25) is 14.2 Å². The number of carbonyl (C=O) groups is 2. The van der Waals surface area contributed by atoms with E-state index in [0.29, 0.717) is 56.5 Å². The molecule has 0 saturated carbocycles. The molecule has 2 amide bonds. The number of rotatable bonds is 5. The lowest BCUT2D eigenvalue weighted by molar-refractivity contribution is -0.142. The van der Waals surface area contributed by atoms with Crippen molar-refractivity contribution in [1.29, 1.82) is 0 Å². The van der Waals surface area contributed by atoms with Crippen LogP contribution < -0.4 is 5.56 Å². The van der Waals surface area contributed by atoms with E-state index in [2.05, 4.69) is 9.97 Å². The van der Waals surface area contributed by atoms with Crippen LogP contribution in [0.2, 0.25) is 0 Å². The Bertz CT molecular complexity index is 1720. The van der Waals surface area contributed by atoms with Crippen molar-refractivity contribution in [2.75, 3.05) is 26.2 Å². The lowest BCUT2D eigenvalue weighted by Crippen LogP contribution is -2.53. The number of aliphatic hydroxyl groups is 1.